The van der Waals surface area contributed by atoms with Gasteiger partial charge in [-0.05, 0) is 64.7 Å². The third kappa shape index (κ3) is 4.28. The van der Waals surface area contributed by atoms with Gasteiger partial charge in [-0.1, -0.05) is 11.6 Å². The summed E-state index contributed by atoms with van der Waals surface area (Å²) in [5, 5.41) is 3.85. The first-order chi connectivity index (χ1) is 13.1. The smallest absolute Gasteiger partial charge is 0.163 e. The van der Waals surface area contributed by atoms with Gasteiger partial charge in [0.1, 0.15) is 10.7 Å². The molecule has 0 aliphatic heterocycles. The van der Waals surface area contributed by atoms with E-state index in [1.807, 2.05) is 0 Å². The Hall–Kier alpha value is -1.72. The summed E-state index contributed by atoms with van der Waals surface area (Å²) in [6, 6.07) is 3.67. The molecule has 25 heavy (non-hydrogen) atoms. The molecule has 6 heteroatoms. The quantitative estimate of drug-likeness (QED) is 0.642. The summed E-state index contributed by atoms with van der Waals surface area (Å²) < 4.78 is 22.5. The molecule has 0 bridgehead atoms. The molecule has 0 spiro atoms. The Kier molecular flexibility index (Phi) is 4.43. The second kappa shape index (κ2) is 7.67. The van der Waals surface area contributed by atoms with E-state index < -0.39 is 6.98 Å². The zero-order valence-electron chi connectivity index (χ0n) is 17.6. The molecule has 2 aromatic heterocycles. The van der Waals surface area contributed by atoms with Crippen LogP contribution < -0.4 is 5.32 Å². The number of fused-ring (bicyclic) bond motifs is 1. The Labute approximate surface area is 158 Å². The van der Waals surface area contributed by atoms with Crippen LogP contribution in [0, 0.1) is 5.92 Å². The van der Waals surface area contributed by atoms with Crippen LogP contribution in [0.1, 0.15) is 47.1 Å². The van der Waals surface area contributed by atoms with Crippen LogP contribution in [0.5, 0.6) is 0 Å². The number of carbonyl (C=O) groups excluding carboxylic acids is 1. The van der Waals surface area contributed by atoms with Gasteiger partial charge in [0.25, 0.3) is 0 Å². The van der Waals surface area contributed by atoms with Crippen molar-refractivity contribution >= 4 is 34.1 Å². The highest BCUT2D eigenvalue weighted by atomic mass is 35.5. The van der Waals surface area contributed by atoms with Gasteiger partial charge in [-0.25, -0.2) is 4.98 Å². The van der Waals surface area contributed by atoms with Crippen molar-refractivity contribution in [3.05, 3.63) is 29.0 Å². The SMILES string of the molecule is [2H]C([2H])([2H])N(C)C[C@H]1CC[C@H](Nc2c(C(C)=O)cnc3ccc(Cl)nc23)CC1. The maximum atomic E-state index is 12.1. The van der Waals surface area contributed by atoms with Gasteiger partial charge in [-0.3, -0.25) is 9.78 Å². The fraction of sp³-hybridized carbons (Fsp3) is 0.526. The summed E-state index contributed by atoms with van der Waals surface area (Å²) in [7, 11) is 1.65. The first-order valence-electron chi connectivity index (χ1n) is 10.1. The average molecular weight is 364 g/mol. The molecule has 134 valence electrons. The zero-order valence-corrected chi connectivity index (χ0v) is 15.3. The lowest BCUT2D eigenvalue weighted by molar-refractivity contribution is 0.101. The first-order valence-corrected chi connectivity index (χ1v) is 8.97. The molecule has 1 saturated carbocycles. The normalized spacial score (nSPS) is 23.1. The number of hydrogen-bond acceptors (Lipinski definition) is 5. The maximum Gasteiger partial charge on any atom is 0.163 e. The van der Waals surface area contributed by atoms with Crippen molar-refractivity contribution in [2.45, 2.75) is 38.6 Å². The third-order valence-corrected chi connectivity index (χ3v) is 5.00. The summed E-state index contributed by atoms with van der Waals surface area (Å²) in [5.41, 5.74) is 2.48. The number of hydrogen-bond donors (Lipinski definition) is 1. The Balaban J connectivity index is 1.74. The largest absolute Gasteiger partial charge is 0.380 e. The third-order valence-electron chi connectivity index (χ3n) is 4.79. The topological polar surface area (TPSA) is 58.1 Å². The Bertz CT molecular complexity index is 866. The van der Waals surface area contributed by atoms with Gasteiger partial charge in [-0.15, -0.1) is 0 Å². The lowest BCUT2D eigenvalue weighted by Crippen LogP contribution is -2.31. The molecule has 0 radical (unpaired) electrons. The van der Waals surface area contributed by atoms with Crippen molar-refractivity contribution in [3.8, 4) is 0 Å². The van der Waals surface area contributed by atoms with E-state index in [1.54, 1.807) is 25.4 Å². The minimum absolute atomic E-state index is 0.0772. The molecule has 0 atom stereocenters. The monoisotopic (exact) mass is 363 g/mol. The molecular weight excluding hydrogens is 336 g/mol. The minimum atomic E-state index is -2.05. The van der Waals surface area contributed by atoms with Gasteiger partial charge >= 0.3 is 0 Å². The number of Topliss-reactive ketones (excluding diaryl/α,β-unsaturated/α-hetero) is 1. The Morgan fingerprint density at radius 3 is 2.84 bits per heavy atom. The highest BCUT2D eigenvalue weighted by molar-refractivity contribution is 6.30. The standard InChI is InChI=1S/C19H25ClN4O/c1-12(25)15-10-21-16-8-9-17(20)23-19(16)18(15)22-14-6-4-13(5-7-14)11-24(2)3/h8-10,13-14H,4-7,11H2,1-3H3,(H,21,22)/t13-,14-/i2D3. The summed E-state index contributed by atoms with van der Waals surface area (Å²) in [6.45, 7) is 0.0315. The predicted octanol–water partition coefficient (Wildman–Crippen LogP) is 4.02. The second-order valence-electron chi connectivity index (χ2n) is 6.85. The minimum Gasteiger partial charge on any atom is -0.380 e. The fourth-order valence-electron chi connectivity index (χ4n) is 3.54. The lowest BCUT2D eigenvalue weighted by atomic mass is 9.85. The molecule has 2 aromatic rings. The molecular formula is C19H25ClN4O. The maximum absolute atomic E-state index is 12.1. The van der Waals surface area contributed by atoms with Crippen LogP contribution in [-0.4, -0.2) is 47.3 Å². The van der Waals surface area contributed by atoms with E-state index in [-0.39, 0.29) is 11.8 Å². The van der Waals surface area contributed by atoms with Crippen LogP contribution >= 0.6 is 11.6 Å². The van der Waals surface area contributed by atoms with Gasteiger partial charge in [0, 0.05) is 22.9 Å². The predicted molar refractivity (Wildman–Crippen MR) is 102 cm³/mol. The number of nitrogens with zero attached hydrogens (tertiary/aromatic N) is 3. The van der Waals surface area contributed by atoms with Crippen LogP contribution in [0.25, 0.3) is 11.0 Å². The number of ketones is 1. The molecule has 0 aromatic carbocycles. The van der Waals surface area contributed by atoms with Gasteiger partial charge in [0.2, 0.25) is 0 Å². The summed E-state index contributed by atoms with van der Waals surface area (Å²) in [5.74, 6) is 0.282. The highest BCUT2D eigenvalue weighted by Crippen LogP contribution is 2.31. The van der Waals surface area contributed by atoms with E-state index in [4.69, 9.17) is 15.7 Å². The molecule has 2 heterocycles. The van der Waals surface area contributed by atoms with E-state index in [1.165, 1.54) is 11.8 Å². The van der Waals surface area contributed by atoms with Crippen LogP contribution in [-0.2, 0) is 0 Å². The van der Waals surface area contributed by atoms with Gasteiger partial charge in [0.15, 0.2) is 5.78 Å². The van der Waals surface area contributed by atoms with Crippen molar-refractivity contribution in [1.82, 2.24) is 14.9 Å². The molecule has 0 saturated heterocycles. The number of anilines is 1. The van der Waals surface area contributed by atoms with Gasteiger partial charge in [-0.2, -0.15) is 0 Å². The highest BCUT2D eigenvalue weighted by Gasteiger charge is 2.24. The number of halogens is 1. The zero-order chi connectivity index (χ0) is 20.5. The molecule has 1 aliphatic rings. The first kappa shape index (κ1) is 14.4. The van der Waals surface area contributed by atoms with E-state index in [9.17, 15) is 4.79 Å². The Morgan fingerprint density at radius 1 is 1.40 bits per heavy atom. The number of nitrogens with one attached hydrogen (secondary N) is 1. The van der Waals surface area contributed by atoms with E-state index >= 15 is 0 Å². The summed E-state index contributed by atoms with van der Waals surface area (Å²) in [6.07, 6.45) is 5.26. The van der Waals surface area contributed by atoms with Gasteiger partial charge in [0.05, 0.1) is 16.8 Å². The van der Waals surface area contributed by atoms with Crippen molar-refractivity contribution in [3.63, 3.8) is 0 Å². The van der Waals surface area contributed by atoms with Crippen LogP contribution in [0.2, 0.25) is 5.15 Å². The summed E-state index contributed by atoms with van der Waals surface area (Å²) >= 11 is 6.07. The molecule has 0 unspecified atom stereocenters. The molecule has 1 fully saturated rings. The van der Waals surface area contributed by atoms with Crippen molar-refractivity contribution in [1.29, 1.82) is 0 Å². The van der Waals surface area contributed by atoms with Crippen LogP contribution in [0.4, 0.5) is 5.69 Å². The van der Waals surface area contributed by atoms with Crippen molar-refractivity contribution < 1.29 is 8.91 Å². The van der Waals surface area contributed by atoms with E-state index in [2.05, 4.69) is 15.3 Å². The molecule has 1 N–H and O–H groups in total. The van der Waals surface area contributed by atoms with Gasteiger partial charge < -0.3 is 10.2 Å². The molecule has 5 nitrogen and oxygen atoms in total. The number of aromatic nitrogens is 2. The number of pyridine rings is 2. The van der Waals surface area contributed by atoms with Crippen LogP contribution in [0.15, 0.2) is 18.3 Å². The van der Waals surface area contributed by atoms with Crippen molar-refractivity contribution in [2.24, 2.45) is 5.92 Å². The molecule has 3 rings (SSSR count). The number of rotatable bonds is 5. The second-order valence-corrected chi connectivity index (χ2v) is 7.23. The summed E-state index contributed by atoms with van der Waals surface area (Å²) in [4.78, 5) is 22.3. The van der Waals surface area contributed by atoms with E-state index in [0.717, 1.165) is 25.7 Å². The lowest BCUT2D eigenvalue weighted by Gasteiger charge is -2.31. The van der Waals surface area contributed by atoms with E-state index in [0.29, 0.717) is 39.9 Å². The van der Waals surface area contributed by atoms with Crippen LogP contribution in [0.3, 0.4) is 0 Å². The molecule has 0 amide bonds. The average Bonchev–Trinajstić information content (AvgIpc) is 2.62. The number of carbonyl (C=O) groups is 1. The molecule has 1 aliphatic carbocycles. The Morgan fingerprint density at radius 2 is 2.16 bits per heavy atom. The fourth-order valence-corrected chi connectivity index (χ4v) is 3.68. The van der Waals surface area contributed by atoms with Crippen molar-refractivity contribution in [2.75, 3.05) is 25.9 Å².